The van der Waals surface area contributed by atoms with E-state index in [0.717, 1.165) is 16.3 Å². The average molecular weight is 382 g/mol. The maximum absolute atomic E-state index is 12.0. The highest BCUT2D eigenvalue weighted by Crippen LogP contribution is 2.48. The van der Waals surface area contributed by atoms with Crippen molar-refractivity contribution in [1.82, 2.24) is 0 Å². The van der Waals surface area contributed by atoms with Crippen LogP contribution < -0.4 is 18.9 Å². The fourth-order valence-electron chi connectivity index (χ4n) is 3.49. The van der Waals surface area contributed by atoms with Crippen molar-refractivity contribution in [1.29, 1.82) is 0 Å². The number of rotatable bonds is 6. The van der Waals surface area contributed by atoms with Gasteiger partial charge in [0.2, 0.25) is 0 Å². The van der Waals surface area contributed by atoms with Gasteiger partial charge in [0.1, 0.15) is 23.0 Å². The molecule has 0 heterocycles. The standard InChI is InChI=1S/C22H22O6/c1-12-9-15(22(23)24)19(17(10-12)26-3)14-11-18(27-4)20-13(21(14)28-5)7-6-8-16(20)25-2/h6-11H,1-5H3,(H,23,24). The monoisotopic (exact) mass is 382 g/mol. The summed E-state index contributed by atoms with van der Waals surface area (Å²) in [6.45, 7) is 1.82. The lowest BCUT2D eigenvalue weighted by molar-refractivity contribution is 0.0697. The Kier molecular flexibility index (Phi) is 5.31. The minimum absolute atomic E-state index is 0.124. The number of hydrogen-bond donors (Lipinski definition) is 1. The Morgan fingerprint density at radius 2 is 1.54 bits per heavy atom. The number of aryl methyl sites for hydroxylation is 1. The molecule has 0 amide bonds. The maximum Gasteiger partial charge on any atom is 0.336 e. The van der Waals surface area contributed by atoms with E-state index in [4.69, 9.17) is 18.9 Å². The van der Waals surface area contributed by atoms with Crippen LogP contribution in [-0.4, -0.2) is 39.5 Å². The van der Waals surface area contributed by atoms with Gasteiger partial charge in [0.25, 0.3) is 0 Å². The van der Waals surface area contributed by atoms with Crippen molar-refractivity contribution in [3.63, 3.8) is 0 Å². The molecule has 3 rings (SSSR count). The number of carboxylic acid groups (broad SMARTS) is 1. The van der Waals surface area contributed by atoms with Crippen molar-refractivity contribution in [2.75, 3.05) is 28.4 Å². The quantitative estimate of drug-likeness (QED) is 0.674. The zero-order valence-corrected chi connectivity index (χ0v) is 16.5. The van der Waals surface area contributed by atoms with E-state index in [0.29, 0.717) is 34.1 Å². The van der Waals surface area contributed by atoms with E-state index in [1.54, 1.807) is 39.5 Å². The van der Waals surface area contributed by atoms with Crippen LogP contribution >= 0.6 is 0 Å². The molecule has 1 N–H and O–H groups in total. The van der Waals surface area contributed by atoms with Crippen LogP contribution in [0.2, 0.25) is 0 Å². The summed E-state index contributed by atoms with van der Waals surface area (Å²) >= 11 is 0. The zero-order chi connectivity index (χ0) is 20.4. The predicted molar refractivity (Wildman–Crippen MR) is 107 cm³/mol. The number of ether oxygens (including phenoxy) is 4. The van der Waals surface area contributed by atoms with Crippen LogP contribution in [-0.2, 0) is 0 Å². The van der Waals surface area contributed by atoms with Gasteiger partial charge in [0.05, 0.1) is 39.4 Å². The first-order valence-electron chi connectivity index (χ1n) is 8.60. The summed E-state index contributed by atoms with van der Waals surface area (Å²) in [5.74, 6) is 1.08. The molecule has 0 aliphatic heterocycles. The number of fused-ring (bicyclic) bond motifs is 1. The van der Waals surface area contributed by atoms with Gasteiger partial charge in [0, 0.05) is 16.5 Å². The molecule has 0 fully saturated rings. The molecular formula is C22H22O6. The van der Waals surface area contributed by atoms with Crippen LogP contribution in [0.3, 0.4) is 0 Å². The van der Waals surface area contributed by atoms with Crippen molar-refractivity contribution in [3.8, 4) is 34.1 Å². The largest absolute Gasteiger partial charge is 0.496 e. The molecule has 0 saturated heterocycles. The highest BCUT2D eigenvalue weighted by molar-refractivity contribution is 6.06. The Morgan fingerprint density at radius 3 is 2.11 bits per heavy atom. The normalized spacial score (nSPS) is 10.6. The lowest BCUT2D eigenvalue weighted by Gasteiger charge is -2.20. The molecule has 0 bridgehead atoms. The molecule has 3 aromatic rings. The van der Waals surface area contributed by atoms with E-state index in [1.807, 2.05) is 25.1 Å². The summed E-state index contributed by atoms with van der Waals surface area (Å²) in [4.78, 5) is 12.0. The van der Waals surface area contributed by atoms with Gasteiger partial charge in [-0.2, -0.15) is 0 Å². The van der Waals surface area contributed by atoms with E-state index in [2.05, 4.69) is 0 Å². The Bertz CT molecular complexity index is 1050. The molecule has 146 valence electrons. The molecule has 3 aromatic carbocycles. The minimum atomic E-state index is -1.05. The van der Waals surface area contributed by atoms with E-state index in [9.17, 15) is 9.90 Å². The van der Waals surface area contributed by atoms with Crippen LogP contribution in [0.25, 0.3) is 21.9 Å². The Morgan fingerprint density at radius 1 is 0.857 bits per heavy atom. The summed E-state index contributed by atoms with van der Waals surface area (Å²) in [5.41, 5.74) is 1.90. The van der Waals surface area contributed by atoms with Crippen molar-refractivity contribution < 1.29 is 28.8 Å². The van der Waals surface area contributed by atoms with Crippen molar-refractivity contribution in [2.24, 2.45) is 0 Å². The first kappa shape index (κ1) is 19.4. The summed E-state index contributed by atoms with van der Waals surface area (Å²) in [5, 5.41) is 11.3. The summed E-state index contributed by atoms with van der Waals surface area (Å²) in [6, 6.07) is 10.7. The topological polar surface area (TPSA) is 74.2 Å². The van der Waals surface area contributed by atoms with E-state index >= 15 is 0 Å². The first-order valence-corrected chi connectivity index (χ1v) is 8.60. The zero-order valence-electron chi connectivity index (χ0n) is 16.5. The fourth-order valence-corrected chi connectivity index (χ4v) is 3.49. The molecule has 6 nitrogen and oxygen atoms in total. The van der Waals surface area contributed by atoms with E-state index in [1.165, 1.54) is 7.11 Å². The smallest absolute Gasteiger partial charge is 0.336 e. The Hall–Kier alpha value is -3.41. The molecule has 0 unspecified atom stereocenters. The second-order valence-corrected chi connectivity index (χ2v) is 6.24. The third-order valence-corrected chi connectivity index (χ3v) is 4.65. The van der Waals surface area contributed by atoms with Gasteiger partial charge < -0.3 is 24.1 Å². The molecule has 0 aromatic heterocycles. The number of hydrogen-bond acceptors (Lipinski definition) is 5. The van der Waals surface area contributed by atoms with Crippen molar-refractivity contribution >= 4 is 16.7 Å². The van der Waals surface area contributed by atoms with Gasteiger partial charge in [-0.3, -0.25) is 0 Å². The van der Waals surface area contributed by atoms with Crippen LogP contribution in [0.5, 0.6) is 23.0 Å². The highest BCUT2D eigenvalue weighted by atomic mass is 16.5. The molecule has 0 spiro atoms. The molecule has 0 saturated carbocycles. The van der Waals surface area contributed by atoms with Crippen LogP contribution in [0.1, 0.15) is 15.9 Å². The van der Waals surface area contributed by atoms with E-state index < -0.39 is 5.97 Å². The predicted octanol–water partition coefficient (Wildman–Crippen LogP) is 4.55. The first-order chi connectivity index (χ1) is 13.5. The van der Waals surface area contributed by atoms with Gasteiger partial charge in [-0.25, -0.2) is 4.79 Å². The van der Waals surface area contributed by atoms with Crippen LogP contribution in [0.4, 0.5) is 0 Å². The number of benzene rings is 3. The SMILES string of the molecule is COc1cc(C)cc(C(=O)O)c1-c1cc(OC)c2c(OC)cccc2c1OC. The van der Waals surface area contributed by atoms with Gasteiger partial charge in [-0.05, 0) is 36.8 Å². The number of carbonyl (C=O) groups is 1. The molecule has 6 heteroatoms. The highest BCUT2D eigenvalue weighted by Gasteiger charge is 2.24. The third kappa shape index (κ3) is 3.07. The van der Waals surface area contributed by atoms with Crippen molar-refractivity contribution in [2.45, 2.75) is 6.92 Å². The number of methoxy groups -OCH3 is 4. The molecule has 0 aliphatic rings. The molecule has 28 heavy (non-hydrogen) atoms. The Labute approximate surface area is 163 Å². The number of aromatic carboxylic acids is 1. The van der Waals surface area contributed by atoms with Crippen molar-refractivity contribution in [3.05, 3.63) is 47.5 Å². The maximum atomic E-state index is 12.0. The summed E-state index contributed by atoms with van der Waals surface area (Å²) in [7, 11) is 6.20. The second-order valence-electron chi connectivity index (χ2n) is 6.24. The van der Waals surface area contributed by atoms with Crippen LogP contribution in [0.15, 0.2) is 36.4 Å². The molecule has 0 aliphatic carbocycles. The molecule has 0 atom stereocenters. The van der Waals surface area contributed by atoms with E-state index in [-0.39, 0.29) is 5.56 Å². The lowest BCUT2D eigenvalue weighted by Crippen LogP contribution is -2.04. The summed E-state index contributed by atoms with van der Waals surface area (Å²) < 4.78 is 22.3. The van der Waals surface area contributed by atoms with Gasteiger partial charge >= 0.3 is 5.97 Å². The molecule has 0 radical (unpaired) electrons. The van der Waals surface area contributed by atoms with Gasteiger partial charge in [-0.15, -0.1) is 0 Å². The van der Waals surface area contributed by atoms with Gasteiger partial charge in [-0.1, -0.05) is 12.1 Å². The minimum Gasteiger partial charge on any atom is -0.496 e. The van der Waals surface area contributed by atoms with Crippen LogP contribution in [0, 0.1) is 6.92 Å². The lowest BCUT2D eigenvalue weighted by atomic mass is 9.92. The second kappa shape index (κ2) is 7.68. The average Bonchev–Trinajstić information content (AvgIpc) is 2.71. The fraction of sp³-hybridized carbons (Fsp3) is 0.227. The summed E-state index contributed by atoms with van der Waals surface area (Å²) in [6.07, 6.45) is 0. The number of carboxylic acids is 1. The van der Waals surface area contributed by atoms with Gasteiger partial charge in [0.15, 0.2) is 0 Å². The third-order valence-electron chi connectivity index (χ3n) is 4.65. The molecular weight excluding hydrogens is 360 g/mol. The Balaban J connectivity index is 2.51.